The van der Waals surface area contributed by atoms with Crippen LogP contribution in [0.1, 0.15) is 45.6 Å². The van der Waals surface area contributed by atoms with E-state index in [0.29, 0.717) is 5.69 Å². The van der Waals surface area contributed by atoms with Crippen molar-refractivity contribution in [3.05, 3.63) is 39.9 Å². The van der Waals surface area contributed by atoms with E-state index in [4.69, 9.17) is 10.5 Å². The second kappa shape index (κ2) is 6.96. The van der Waals surface area contributed by atoms with Crippen molar-refractivity contribution in [3.63, 3.8) is 0 Å². The fourth-order valence-corrected chi connectivity index (χ4v) is 2.65. The molecule has 136 valence electrons. The molecule has 1 fully saturated rings. The molecule has 0 spiro atoms. The number of rotatable bonds is 4. The lowest BCUT2D eigenvalue weighted by Gasteiger charge is -2.43. The number of guanidine groups is 1. The number of nitrogens with one attached hydrogen (secondary N) is 2. The minimum absolute atomic E-state index is 0.315. The van der Waals surface area contributed by atoms with Gasteiger partial charge in [0, 0.05) is 0 Å². The summed E-state index contributed by atoms with van der Waals surface area (Å²) in [7, 11) is 0. The van der Waals surface area contributed by atoms with Crippen molar-refractivity contribution in [2.45, 2.75) is 51.2 Å². The Hall–Kier alpha value is -2.84. The van der Waals surface area contributed by atoms with E-state index >= 15 is 0 Å². The molecule has 2 rings (SSSR count). The van der Waals surface area contributed by atoms with Gasteiger partial charge < -0.3 is 15.8 Å². The molecular formula is C16H23N5O4. The van der Waals surface area contributed by atoms with Crippen LogP contribution in [0.15, 0.2) is 29.3 Å². The van der Waals surface area contributed by atoms with Crippen molar-refractivity contribution < 1.29 is 14.6 Å². The normalized spacial score (nSPS) is 16.5. The summed E-state index contributed by atoms with van der Waals surface area (Å²) in [6.45, 7) is 5.42. The van der Waals surface area contributed by atoms with Crippen molar-refractivity contribution in [1.29, 1.82) is 0 Å². The molecule has 1 aromatic rings. The van der Waals surface area contributed by atoms with Crippen LogP contribution in [0.2, 0.25) is 0 Å². The SMILES string of the molecule is CC(C)(C)OC(=O)NC1(c2cccc(N=C(N)N[N+](=O)[O-])c2)CCC1. The predicted octanol–water partition coefficient (Wildman–Crippen LogP) is 2.32. The fourth-order valence-electron chi connectivity index (χ4n) is 2.65. The van der Waals surface area contributed by atoms with E-state index in [1.54, 1.807) is 44.4 Å². The van der Waals surface area contributed by atoms with Crippen LogP contribution in [0.4, 0.5) is 10.5 Å². The highest BCUT2D eigenvalue weighted by Crippen LogP contribution is 2.42. The minimum Gasteiger partial charge on any atom is -0.444 e. The molecular weight excluding hydrogens is 326 g/mol. The van der Waals surface area contributed by atoms with E-state index in [0.717, 1.165) is 24.8 Å². The molecule has 0 aliphatic heterocycles. The highest BCUT2D eigenvalue weighted by molar-refractivity contribution is 5.79. The van der Waals surface area contributed by atoms with Gasteiger partial charge >= 0.3 is 6.09 Å². The summed E-state index contributed by atoms with van der Waals surface area (Å²) in [5, 5.41) is 12.6. The molecule has 0 aromatic heterocycles. The third kappa shape index (κ3) is 5.07. The topological polar surface area (TPSA) is 132 Å². The number of hydrogen-bond acceptors (Lipinski definition) is 5. The Morgan fingerprint density at radius 2 is 2.08 bits per heavy atom. The van der Waals surface area contributed by atoms with Gasteiger partial charge in [-0.3, -0.25) is 0 Å². The zero-order valence-corrected chi connectivity index (χ0v) is 14.5. The van der Waals surface area contributed by atoms with Crippen LogP contribution in [0, 0.1) is 10.1 Å². The molecule has 1 amide bonds. The van der Waals surface area contributed by atoms with Crippen LogP contribution >= 0.6 is 0 Å². The van der Waals surface area contributed by atoms with Crippen molar-refractivity contribution >= 4 is 17.7 Å². The summed E-state index contributed by atoms with van der Waals surface area (Å²) in [6.07, 6.45) is 2.06. The molecule has 0 saturated heterocycles. The van der Waals surface area contributed by atoms with Crippen LogP contribution in [-0.4, -0.2) is 22.7 Å². The van der Waals surface area contributed by atoms with E-state index in [2.05, 4.69) is 10.3 Å². The second-order valence-electron chi connectivity index (χ2n) is 6.98. The van der Waals surface area contributed by atoms with Gasteiger partial charge in [0.05, 0.1) is 11.2 Å². The molecule has 0 unspecified atom stereocenters. The highest BCUT2D eigenvalue weighted by atomic mass is 16.7. The van der Waals surface area contributed by atoms with Gasteiger partial charge in [-0.1, -0.05) is 17.6 Å². The molecule has 1 aliphatic rings. The number of hydrazine groups is 1. The largest absolute Gasteiger partial charge is 0.444 e. The molecule has 0 radical (unpaired) electrons. The number of nitrogens with two attached hydrogens (primary N) is 1. The number of amides is 1. The standard InChI is InChI=1S/C16H23N5O4/c1-15(2,3)25-14(22)19-16(8-5-9-16)11-6-4-7-12(10-11)18-13(17)20-21(23)24/h4,6-7,10H,5,8-9H2,1-3H3,(H,19,22)(H3,17,18,20). The van der Waals surface area contributed by atoms with Gasteiger partial charge in [-0.15, -0.1) is 0 Å². The van der Waals surface area contributed by atoms with Crippen LogP contribution in [-0.2, 0) is 10.3 Å². The highest BCUT2D eigenvalue weighted by Gasteiger charge is 2.41. The van der Waals surface area contributed by atoms with Gasteiger partial charge in [-0.05, 0) is 57.7 Å². The van der Waals surface area contributed by atoms with Gasteiger partial charge in [0.2, 0.25) is 0 Å². The Balaban J connectivity index is 2.19. The second-order valence-corrected chi connectivity index (χ2v) is 6.98. The monoisotopic (exact) mass is 349 g/mol. The molecule has 1 aromatic carbocycles. The average molecular weight is 349 g/mol. The lowest BCUT2D eigenvalue weighted by atomic mass is 9.72. The number of benzene rings is 1. The molecule has 0 bridgehead atoms. The summed E-state index contributed by atoms with van der Waals surface area (Å²) >= 11 is 0. The Bertz CT molecular complexity index is 692. The lowest BCUT2D eigenvalue weighted by molar-refractivity contribution is -0.525. The van der Waals surface area contributed by atoms with Crippen LogP contribution in [0.3, 0.4) is 0 Å². The third-order valence-electron chi connectivity index (χ3n) is 3.80. The fraction of sp³-hybridized carbons (Fsp3) is 0.500. The maximum atomic E-state index is 12.2. The zero-order chi connectivity index (χ0) is 18.7. The zero-order valence-electron chi connectivity index (χ0n) is 14.5. The van der Waals surface area contributed by atoms with Gasteiger partial charge in [0.25, 0.3) is 5.96 Å². The smallest absolute Gasteiger partial charge is 0.408 e. The molecule has 1 aliphatic carbocycles. The summed E-state index contributed by atoms with van der Waals surface area (Å²) in [5.41, 5.74) is 7.49. The van der Waals surface area contributed by atoms with E-state index in [1.807, 2.05) is 6.07 Å². The molecule has 0 atom stereocenters. The van der Waals surface area contributed by atoms with Crippen molar-refractivity contribution in [1.82, 2.24) is 10.7 Å². The number of aliphatic imine (C=N–C) groups is 1. The molecule has 0 heterocycles. The van der Waals surface area contributed by atoms with E-state index in [9.17, 15) is 14.9 Å². The van der Waals surface area contributed by atoms with Crippen LogP contribution in [0.5, 0.6) is 0 Å². The van der Waals surface area contributed by atoms with Crippen molar-refractivity contribution in [2.75, 3.05) is 0 Å². The van der Waals surface area contributed by atoms with Gasteiger partial charge in [-0.25, -0.2) is 19.9 Å². The first kappa shape index (κ1) is 18.5. The van der Waals surface area contributed by atoms with Gasteiger partial charge in [0.15, 0.2) is 5.03 Å². The molecule has 4 N–H and O–H groups in total. The van der Waals surface area contributed by atoms with Crippen molar-refractivity contribution in [2.24, 2.45) is 10.7 Å². The van der Waals surface area contributed by atoms with Crippen molar-refractivity contribution in [3.8, 4) is 0 Å². The van der Waals surface area contributed by atoms with E-state index < -0.39 is 22.3 Å². The number of nitrogens with zero attached hydrogens (tertiary/aromatic N) is 2. The maximum absolute atomic E-state index is 12.2. The summed E-state index contributed by atoms with van der Waals surface area (Å²) in [4.78, 5) is 26.5. The average Bonchev–Trinajstić information content (AvgIpc) is 2.40. The van der Waals surface area contributed by atoms with E-state index in [1.165, 1.54) is 0 Å². The van der Waals surface area contributed by atoms with Crippen LogP contribution < -0.4 is 16.5 Å². The summed E-state index contributed by atoms with van der Waals surface area (Å²) < 4.78 is 5.35. The summed E-state index contributed by atoms with van der Waals surface area (Å²) in [6, 6.07) is 7.08. The first-order valence-corrected chi connectivity index (χ1v) is 7.97. The number of nitro groups is 1. The predicted molar refractivity (Wildman–Crippen MR) is 92.8 cm³/mol. The Labute approximate surface area is 145 Å². The molecule has 1 saturated carbocycles. The lowest BCUT2D eigenvalue weighted by Crippen LogP contribution is -2.52. The first-order chi connectivity index (χ1) is 11.6. The number of hydrogen-bond donors (Lipinski definition) is 3. The maximum Gasteiger partial charge on any atom is 0.408 e. The van der Waals surface area contributed by atoms with Crippen LogP contribution in [0.25, 0.3) is 0 Å². The number of carbonyl (C=O) groups excluding carboxylic acids is 1. The quantitative estimate of drug-likeness (QED) is 0.331. The Morgan fingerprint density at radius 3 is 2.60 bits per heavy atom. The minimum atomic E-state index is -0.778. The number of alkyl carbamates (subject to hydrolysis) is 1. The van der Waals surface area contributed by atoms with Gasteiger partial charge in [0.1, 0.15) is 5.60 Å². The third-order valence-corrected chi connectivity index (χ3v) is 3.80. The van der Waals surface area contributed by atoms with E-state index in [-0.39, 0.29) is 5.96 Å². The Kier molecular flexibility index (Phi) is 5.15. The Morgan fingerprint density at radius 1 is 1.40 bits per heavy atom. The molecule has 9 nitrogen and oxygen atoms in total. The molecule has 25 heavy (non-hydrogen) atoms. The number of carbonyl (C=O) groups is 1. The first-order valence-electron chi connectivity index (χ1n) is 7.97. The number of ether oxygens (including phenoxy) is 1. The van der Waals surface area contributed by atoms with Gasteiger partial charge in [-0.2, -0.15) is 0 Å². The molecule has 9 heteroatoms. The summed E-state index contributed by atoms with van der Waals surface area (Å²) in [5.74, 6) is -0.315.